The molecule has 6 rings (SSSR count). The van der Waals surface area contributed by atoms with E-state index in [4.69, 9.17) is 0 Å². The average molecular weight is 653 g/mol. The van der Waals surface area contributed by atoms with Crippen LogP contribution < -0.4 is 10.9 Å². The molecule has 0 atom stereocenters. The van der Waals surface area contributed by atoms with E-state index in [1.807, 2.05) is 0 Å². The largest absolute Gasteiger partial charge is 0.744 e. The number of rotatable bonds is 7. The van der Waals surface area contributed by atoms with Crippen molar-refractivity contribution in [1.82, 2.24) is 0 Å². The molecular weight excluding hydrogens is 633 g/mol. The number of nitrogens with zero attached hydrogens (tertiary/aromatic N) is 2. The quantitative estimate of drug-likeness (QED) is 0.217. The lowest BCUT2D eigenvalue weighted by Crippen LogP contribution is -2.19. The number of anilines is 2. The molecule has 46 heavy (non-hydrogen) atoms. The van der Waals surface area contributed by atoms with Gasteiger partial charge in [0.05, 0.1) is 21.2 Å². The molecule has 0 aromatic heterocycles. The fourth-order valence-corrected chi connectivity index (χ4v) is 6.42. The third-order valence-electron chi connectivity index (χ3n) is 7.11. The molecule has 4 aromatic rings. The van der Waals surface area contributed by atoms with Gasteiger partial charge in [-0.05, 0) is 47.5 Å². The summed E-state index contributed by atoms with van der Waals surface area (Å²) in [6.07, 6.45) is 5.93. The molecule has 0 spiro atoms. The predicted molar refractivity (Wildman–Crippen MR) is 169 cm³/mol. The maximum atomic E-state index is 12.5. The van der Waals surface area contributed by atoms with Gasteiger partial charge in [-0.2, -0.15) is 10.2 Å². The van der Waals surface area contributed by atoms with Gasteiger partial charge >= 0.3 is 0 Å². The second-order valence-electron chi connectivity index (χ2n) is 10.0. The summed E-state index contributed by atoms with van der Waals surface area (Å²) in [5.41, 5.74) is 7.10. The van der Waals surface area contributed by atoms with Crippen molar-refractivity contribution in [2.24, 2.45) is 10.2 Å². The van der Waals surface area contributed by atoms with Crippen molar-refractivity contribution in [2.75, 3.05) is 10.9 Å². The third kappa shape index (κ3) is 6.05. The Morgan fingerprint density at radius 1 is 0.500 bits per heavy atom. The predicted octanol–water partition coefficient (Wildman–Crippen LogP) is 3.99. The summed E-state index contributed by atoms with van der Waals surface area (Å²) in [6.45, 7) is 0. The molecule has 14 heteroatoms. The van der Waals surface area contributed by atoms with Crippen LogP contribution >= 0.6 is 0 Å². The van der Waals surface area contributed by atoms with Crippen LogP contribution in [0.5, 0.6) is 0 Å². The number of fused-ring (bicyclic) bond motifs is 2. The zero-order chi connectivity index (χ0) is 32.6. The fourth-order valence-electron chi connectivity index (χ4n) is 4.98. The Morgan fingerprint density at radius 2 is 0.891 bits per heavy atom. The van der Waals surface area contributed by atoms with Crippen molar-refractivity contribution in [3.8, 4) is 11.1 Å². The zero-order valence-corrected chi connectivity index (χ0v) is 25.0. The number of nitrogens with one attached hydrogen (secondary N) is 2. The number of carbonyl (C=O) groups is 2. The van der Waals surface area contributed by atoms with Crippen LogP contribution in [0.25, 0.3) is 23.3 Å². The van der Waals surface area contributed by atoms with E-state index in [0.717, 1.165) is 35.4 Å². The highest BCUT2D eigenvalue weighted by molar-refractivity contribution is 7.86. The Labute approximate surface area is 263 Å². The molecule has 0 heterocycles. The summed E-state index contributed by atoms with van der Waals surface area (Å²) in [5.74, 6) is -0.811. The molecule has 0 aliphatic heterocycles. The number of hydrazone groups is 2. The minimum absolute atomic E-state index is 0.00219. The first-order chi connectivity index (χ1) is 21.9. The molecular formula is C32H20N4O8S2-2. The van der Waals surface area contributed by atoms with Gasteiger partial charge in [0.15, 0.2) is 0 Å². The second-order valence-corrected chi connectivity index (χ2v) is 12.7. The standard InChI is InChI=1S/C32H22N4O8S2/c37-27-15-9-19-5-1-3-7-23(19)31(27)35-33-21-11-13-25(29(17-21)45(39,40)41)26-14-12-22(18-30(26)46(42,43)44)34-36-32-24-8-4-2-6-20(24)10-16-28(32)38/h1-18,33-34H,(H,39,40,41)(H,42,43,44)/p-2. The number of carbonyl (C=O) groups excluding carboxylic acids is 2. The molecule has 0 bridgehead atoms. The summed E-state index contributed by atoms with van der Waals surface area (Å²) in [5, 5.41) is 8.24. The van der Waals surface area contributed by atoms with Gasteiger partial charge in [-0.1, -0.05) is 72.8 Å². The molecule has 0 fully saturated rings. The number of benzene rings is 4. The van der Waals surface area contributed by atoms with Crippen LogP contribution in [-0.4, -0.2) is 48.9 Å². The smallest absolute Gasteiger partial charge is 0.206 e. The Balaban J connectivity index is 1.37. The molecule has 2 aliphatic rings. The fraction of sp³-hybridized carbons (Fsp3) is 0. The van der Waals surface area contributed by atoms with Gasteiger partial charge in [-0.15, -0.1) is 0 Å². The highest BCUT2D eigenvalue weighted by Gasteiger charge is 2.22. The van der Waals surface area contributed by atoms with E-state index in [1.165, 1.54) is 24.3 Å². The Hall–Kier alpha value is -5.54. The molecule has 2 aliphatic carbocycles. The average Bonchev–Trinajstić information content (AvgIpc) is 3.03. The minimum atomic E-state index is -5.23. The van der Waals surface area contributed by atoms with Crippen molar-refractivity contribution >= 4 is 66.8 Å². The summed E-state index contributed by atoms with van der Waals surface area (Å²) < 4.78 is 74.2. The van der Waals surface area contributed by atoms with Crippen molar-refractivity contribution in [2.45, 2.75) is 9.79 Å². The highest BCUT2D eigenvalue weighted by atomic mass is 32.2. The van der Waals surface area contributed by atoms with Gasteiger partial charge in [0.1, 0.15) is 31.7 Å². The van der Waals surface area contributed by atoms with E-state index in [0.29, 0.717) is 11.1 Å². The van der Waals surface area contributed by atoms with Crippen LogP contribution in [0, 0.1) is 0 Å². The first kappa shape index (κ1) is 30.5. The van der Waals surface area contributed by atoms with Crippen LogP contribution in [0.15, 0.2) is 117 Å². The molecule has 0 unspecified atom stereocenters. The summed E-state index contributed by atoms with van der Waals surface area (Å²) in [4.78, 5) is 23.3. The van der Waals surface area contributed by atoms with Crippen molar-refractivity contribution < 1.29 is 35.5 Å². The molecule has 0 saturated heterocycles. The molecule has 2 N–H and O–H groups in total. The zero-order valence-electron chi connectivity index (χ0n) is 23.4. The van der Waals surface area contributed by atoms with Crippen LogP contribution in [0.2, 0.25) is 0 Å². The molecule has 0 amide bonds. The maximum Gasteiger partial charge on any atom is 0.206 e. The number of allylic oxidation sites excluding steroid dienone is 2. The van der Waals surface area contributed by atoms with E-state index in [9.17, 15) is 35.5 Å². The summed E-state index contributed by atoms with van der Waals surface area (Å²) >= 11 is 0. The molecule has 0 radical (unpaired) electrons. The van der Waals surface area contributed by atoms with E-state index in [1.54, 1.807) is 60.7 Å². The van der Waals surface area contributed by atoms with Gasteiger partial charge in [-0.3, -0.25) is 20.4 Å². The van der Waals surface area contributed by atoms with Crippen LogP contribution in [0.4, 0.5) is 11.4 Å². The lowest BCUT2D eigenvalue weighted by atomic mass is 9.95. The monoisotopic (exact) mass is 652 g/mol. The Morgan fingerprint density at radius 3 is 1.28 bits per heavy atom. The second kappa shape index (κ2) is 11.8. The van der Waals surface area contributed by atoms with Gasteiger partial charge in [0.2, 0.25) is 11.6 Å². The first-order valence-electron chi connectivity index (χ1n) is 13.4. The van der Waals surface area contributed by atoms with Crippen molar-refractivity contribution in [3.63, 3.8) is 0 Å². The molecule has 4 aromatic carbocycles. The SMILES string of the molecule is O=C1C=Cc2ccccc2C1=NNc1ccc(-c2ccc(NN=C3C(=O)C=Cc4ccccc43)cc2S(=O)(=O)[O-])c(S(=O)(=O)[O-])c1. The topological polar surface area (TPSA) is 197 Å². The number of ketones is 2. The summed E-state index contributed by atoms with van der Waals surface area (Å²) in [7, 11) is -10.5. The lowest BCUT2D eigenvalue weighted by Gasteiger charge is -2.19. The highest BCUT2D eigenvalue weighted by Crippen LogP contribution is 2.36. The van der Waals surface area contributed by atoms with Gasteiger partial charge < -0.3 is 9.11 Å². The van der Waals surface area contributed by atoms with Crippen molar-refractivity contribution in [3.05, 3.63) is 119 Å². The molecule has 12 nitrogen and oxygen atoms in total. The van der Waals surface area contributed by atoms with E-state index in [-0.39, 0.29) is 33.9 Å². The van der Waals surface area contributed by atoms with Gasteiger partial charge in [0.25, 0.3) is 0 Å². The number of hydrogen-bond acceptors (Lipinski definition) is 12. The van der Waals surface area contributed by atoms with Crippen molar-refractivity contribution in [1.29, 1.82) is 0 Å². The lowest BCUT2D eigenvalue weighted by molar-refractivity contribution is -0.109. The van der Waals surface area contributed by atoms with Crippen LogP contribution in [0.3, 0.4) is 0 Å². The van der Waals surface area contributed by atoms with Gasteiger partial charge in [-0.25, -0.2) is 16.8 Å². The van der Waals surface area contributed by atoms with E-state index >= 15 is 0 Å². The normalized spacial score (nSPS) is 16.0. The number of hydrogen-bond donors (Lipinski definition) is 2. The van der Waals surface area contributed by atoms with Crippen LogP contribution in [-0.2, 0) is 29.8 Å². The Kier molecular flexibility index (Phi) is 7.79. The molecule has 0 saturated carbocycles. The third-order valence-corrected chi connectivity index (χ3v) is 8.87. The maximum absolute atomic E-state index is 12.5. The van der Waals surface area contributed by atoms with Crippen LogP contribution in [0.1, 0.15) is 22.3 Å². The Bertz CT molecular complexity index is 2140. The van der Waals surface area contributed by atoms with E-state index in [2.05, 4.69) is 21.1 Å². The van der Waals surface area contributed by atoms with Gasteiger partial charge in [0, 0.05) is 22.3 Å². The first-order valence-corrected chi connectivity index (χ1v) is 16.2. The minimum Gasteiger partial charge on any atom is -0.744 e. The molecule has 230 valence electrons. The summed E-state index contributed by atoms with van der Waals surface area (Å²) in [6, 6.07) is 20.7. The van der Waals surface area contributed by atoms with E-state index < -0.39 is 41.6 Å².